The molecule has 0 aliphatic heterocycles. The van der Waals surface area contributed by atoms with Crippen molar-refractivity contribution in [2.75, 3.05) is 12.3 Å². The summed E-state index contributed by atoms with van der Waals surface area (Å²) in [6.07, 6.45) is 7.69. The smallest absolute Gasteiger partial charge is 0.191 e. The number of nitrogens with one attached hydrogen (secondary N) is 1. The first-order valence-corrected chi connectivity index (χ1v) is 13.9. The number of anilines is 1. The van der Waals surface area contributed by atoms with Crippen molar-refractivity contribution in [3.8, 4) is 0 Å². The number of hydrogen-bond donors (Lipinski definition) is 2. The minimum atomic E-state index is -1.71. The van der Waals surface area contributed by atoms with Crippen LogP contribution < -0.4 is 5.73 Å². The summed E-state index contributed by atoms with van der Waals surface area (Å²) in [6.45, 7) is 14.6. The molecule has 28 heavy (non-hydrogen) atoms. The number of pyridine rings is 1. The Morgan fingerprint density at radius 1 is 1.25 bits per heavy atom. The molecule has 0 amide bonds. The molecule has 1 aliphatic rings. The maximum absolute atomic E-state index is 6.47. The molecule has 156 valence electrons. The van der Waals surface area contributed by atoms with Crippen molar-refractivity contribution in [1.29, 1.82) is 0 Å². The highest BCUT2D eigenvalue weighted by molar-refractivity contribution is 6.74. The summed E-state index contributed by atoms with van der Waals surface area (Å²) in [6, 6.07) is 0. The summed E-state index contributed by atoms with van der Waals surface area (Å²) in [5.74, 6) is 2.09. The van der Waals surface area contributed by atoms with Gasteiger partial charge < -0.3 is 15.1 Å². The number of fused-ring (bicyclic) bond motifs is 3. The standard InChI is InChI=1S/C22H38N4OSi/c1-7-8-12-17-25-19-18-15(13-14-27-28(5,6)22(2,3)4)10-9-11-16(18)24-21(23)20(19)26-17/h15H,7-14H2,1-6H3,(H2,23,24)(H,25,26). The van der Waals surface area contributed by atoms with Crippen LogP contribution in [0, 0.1) is 0 Å². The molecule has 0 saturated carbocycles. The molecule has 6 heteroatoms. The van der Waals surface area contributed by atoms with Gasteiger partial charge in [-0.2, -0.15) is 0 Å². The number of rotatable bonds is 7. The third-order valence-electron chi connectivity index (χ3n) is 6.71. The van der Waals surface area contributed by atoms with Crippen LogP contribution in [0.1, 0.15) is 82.8 Å². The molecule has 1 unspecified atom stereocenters. The van der Waals surface area contributed by atoms with E-state index in [0.717, 1.165) is 55.6 Å². The second kappa shape index (κ2) is 8.15. The number of nitrogens with zero attached hydrogens (tertiary/aromatic N) is 2. The summed E-state index contributed by atoms with van der Waals surface area (Å²) < 4.78 is 6.47. The van der Waals surface area contributed by atoms with Crippen LogP contribution in [0.3, 0.4) is 0 Å². The fraction of sp³-hybridized carbons (Fsp3) is 0.727. The maximum atomic E-state index is 6.47. The maximum Gasteiger partial charge on any atom is 0.191 e. The van der Waals surface area contributed by atoms with Gasteiger partial charge in [-0.25, -0.2) is 9.97 Å². The van der Waals surface area contributed by atoms with Gasteiger partial charge in [0.2, 0.25) is 0 Å². The number of unbranched alkanes of at least 4 members (excludes halogenated alkanes) is 1. The molecule has 0 bridgehead atoms. The number of aromatic nitrogens is 3. The quantitative estimate of drug-likeness (QED) is 0.581. The lowest BCUT2D eigenvalue weighted by Gasteiger charge is -2.37. The number of hydrogen-bond acceptors (Lipinski definition) is 4. The molecule has 0 spiro atoms. The lowest BCUT2D eigenvalue weighted by molar-refractivity contribution is 0.266. The van der Waals surface area contributed by atoms with Gasteiger partial charge in [0.1, 0.15) is 11.3 Å². The number of H-pyrrole nitrogens is 1. The third-order valence-corrected chi connectivity index (χ3v) is 11.2. The molecular formula is C22H38N4OSi. The Hall–Kier alpha value is -1.40. The van der Waals surface area contributed by atoms with Gasteiger partial charge in [-0.15, -0.1) is 0 Å². The minimum absolute atomic E-state index is 0.248. The highest BCUT2D eigenvalue weighted by atomic mass is 28.4. The first-order valence-electron chi connectivity index (χ1n) is 10.9. The molecule has 3 N–H and O–H groups in total. The van der Waals surface area contributed by atoms with Gasteiger partial charge in [0.25, 0.3) is 0 Å². The van der Waals surface area contributed by atoms with E-state index in [9.17, 15) is 0 Å². The molecule has 0 aromatic carbocycles. The predicted molar refractivity (Wildman–Crippen MR) is 120 cm³/mol. The van der Waals surface area contributed by atoms with Crippen molar-refractivity contribution in [1.82, 2.24) is 15.0 Å². The molecule has 0 fully saturated rings. The molecule has 2 aromatic rings. The van der Waals surface area contributed by atoms with Crippen LogP contribution in [-0.4, -0.2) is 29.9 Å². The van der Waals surface area contributed by atoms with Crippen molar-refractivity contribution in [3.05, 3.63) is 17.1 Å². The van der Waals surface area contributed by atoms with E-state index < -0.39 is 8.32 Å². The summed E-state index contributed by atoms with van der Waals surface area (Å²) in [5.41, 5.74) is 10.8. The average molecular weight is 403 g/mol. The topological polar surface area (TPSA) is 76.8 Å². The molecule has 1 aliphatic carbocycles. The van der Waals surface area contributed by atoms with Crippen LogP contribution in [0.5, 0.6) is 0 Å². The van der Waals surface area contributed by atoms with Gasteiger partial charge in [-0.05, 0) is 56.2 Å². The van der Waals surface area contributed by atoms with E-state index in [-0.39, 0.29) is 5.04 Å². The Bertz CT molecular complexity index is 822. The Morgan fingerprint density at radius 2 is 2.00 bits per heavy atom. The van der Waals surface area contributed by atoms with E-state index in [0.29, 0.717) is 11.7 Å². The number of aromatic amines is 1. The van der Waals surface area contributed by atoms with Gasteiger partial charge in [-0.1, -0.05) is 34.1 Å². The summed E-state index contributed by atoms with van der Waals surface area (Å²) in [5, 5.41) is 0.248. The predicted octanol–water partition coefficient (Wildman–Crippen LogP) is 5.71. The number of nitrogens with two attached hydrogens (primary N) is 1. The van der Waals surface area contributed by atoms with Gasteiger partial charge in [-0.3, -0.25) is 0 Å². The van der Waals surface area contributed by atoms with Crippen LogP contribution in [0.2, 0.25) is 18.1 Å². The van der Waals surface area contributed by atoms with Crippen molar-refractivity contribution < 1.29 is 4.43 Å². The van der Waals surface area contributed by atoms with E-state index in [2.05, 4.69) is 45.8 Å². The van der Waals surface area contributed by atoms with Crippen LogP contribution in [0.25, 0.3) is 11.0 Å². The molecule has 1 atom stereocenters. The van der Waals surface area contributed by atoms with E-state index in [4.69, 9.17) is 20.1 Å². The molecule has 2 heterocycles. The van der Waals surface area contributed by atoms with Crippen molar-refractivity contribution in [2.24, 2.45) is 0 Å². The SMILES string of the molecule is CCCCc1nc2c(N)nc3c(c2[nH]1)C(CCO[Si](C)(C)C(C)(C)C)CCC3. The van der Waals surface area contributed by atoms with Crippen LogP contribution >= 0.6 is 0 Å². The molecule has 3 rings (SSSR count). The third kappa shape index (κ3) is 4.28. The summed E-state index contributed by atoms with van der Waals surface area (Å²) >= 11 is 0. The van der Waals surface area contributed by atoms with Gasteiger partial charge in [0.15, 0.2) is 14.1 Å². The monoisotopic (exact) mass is 402 g/mol. The molecular weight excluding hydrogens is 364 g/mol. The lowest BCUT2D eigenvalue weighted by atomic mass is 9.83. The molecule has 0 radical (unpaired) electrons. The lowest BCUT2D eigenvalue weighted by Crippen LogP contribution is -2.41. The van der Waals surface area contributed by atoms with Gasteiger partial charge in [0, 0.05) is 24.3 Å². The Kier molecular flexibility index (Phi) is 6.20. The van der Waals surface area contributed by atoms with E-state index in [1.54, 1.807) is 0 Å². The first-order chi connectivity index (χ1) is 13.1. The first kappa shape index (κ1) is 21.3. The zero-order chi connectivity index (χ0) is 20.5. The van der Waals surface area contributed by atoms with Crippen LogP contribution in [0.4, 0.5) is 5.82 Å². The van der Waals surface area contributed by atoms with Gasteiger partial charge >= 0.3 is 0 Å². The number of imidazole rings is 1. The Labute approximate surface area is 171 Å². The summed E-state index contributed by atoms with van der Waals surface area (Å²) in [7, 11) is -1.71. The number of aryl methyl sites for hydroxylation is 2. The van der Waals surface area contributed by atoms with Crippen molar-refractivity contribution in [2.45, 2.75) is 96.7 Å². The van der Waals surface area contributed by atoms with E-state index in [1.807, 2.05) is 0 Å². The molecule has 2 aromatic heterocycles. The normalized spacial score (nSPS) is 17.9. The fourth-order valence-electron chi connectivity index (χ4n) is 3.92. The van der Waals surface area contributed by atoms with E-state index >= 15 is 0 Å². The van der Waals surface area contributed by atoms with Crippen molar-refractivity contribution >= 4 is 25.2 Å². The number of nitrogen functional groups attached to an aromatic ring is 1. The highest BCUT2D eigenvalue weighted by Gasteiger charge is 2.37. The van der Waals surface area contributed by atoms with Crippen LogP contribution in [-0.2, 0) is 17.3 Å². The summed E-state index contributed by atoms with van der Waals surface area (Å²) in [4.78, 5) is 13.1. The van der Waals surface area contributed by atoms with Crippen molar-refractivity contribution in [3.63, 3.8) is 0 Å². The minimum Gasteiger partial charge on any atom is -0.417 e. The highest BCUT2D eigenvalue weighted by Crippen LogP contribution is 2.40. The Morgan fingerprint density at radius 3 is 2.68 bits per heavy atom. The van der Waals surface area contributed by atoms with E-state index in [1.165, 1.54) is 24.1 Å². The second-order valence-corrected chi connectivity index (χ2v) is 14.7. The van der Waals surface area contributed by atoms with Gasteiger partial charge in [0.05, 0.1) is 5.52 Å². The van der Waals surface area contributed by atoms with Crippen LogP contribution in [0.15, 0.2) is 0 Å². The molecule has 5 nitrogen and oxygen atoms in total. The second-order valence-electron chi connectivity index (χ2n) is 9.85. The molecule has 0 saturated heterocycles. The fourth-order valence-corrected chi connectivity index (χ4v) is 4.98. The zero-order valence-corrected chi connectivity index (χ0v) is 19.6. The average Bonchev–Trinajstić information content (AvgIpc) is 3.03. The largest absolute Gasteiger partial charge is 0.417 e. The Balaban J connectivity index is 1.84. The zero-order valence-electron chi connectivity index (χ0n) is 18.6.